The minimum atomic E-state index is -0.258. The van der Waals surface area contributed by atoms with Crippen LogP contribution in [0.5, 0.6) is 0 Å². The van der Waals surface area contributed by atoms with E-state index in [2.05, 4.69) is 27.7 Å². The molecule has 0 saturated carbocycles. The van der Waals surface area contributed by atoms with Gasteiger partial charge in [-0.05, 0) is 59.3 Å². The van der Waals surface area contributed by atoms with Crippen molar-refractivity contribution in [2.45, 2.75) is 6.42 Å². The van der Waals surface area contributed by atoms with Crippen LogP contribution in [0.3, 0.4) is 0 Å². The van der Waals surface area contributed by atoms with E-state index in [9.17, 15) is 4.39 Å². The number of aromatic nitrogens is 2. The summed E-state index contributed by atoms with van der Waals surface area (Å²) in [5.74, 6) is -0.258. The number of hydrogen-bond acceptors (Lipinski definition) is 2. The van der Waals surface area contributed by atoms with Crippen molar-refractivity contribution in [2.24, 2.45) is 5.73 Å². The maximum atomic E-state index is 13.4. The summed E-state index contributed by atoms with van der Waals surface area (Å²) in [4.78, 5) is 0. The van der Waals surface area contributed by atoms with Crippen LogP contribution in [0.25, 0.3) is 5.69 Å². The molecule has 0 amide bonds. The third kappa shape index (κ3) is 2.59. The second-order valence-corrected chi connectivity index (χ2v) is 4.71. The van der Waals surface area contributed by atoms with E-state index in [1.54, 1.807) is 10.9 Å². The predicted molar refractivity (Wildman–Crippen MR) is 69.0 cm³/mol. The molecule has 1 aromatic carbocycles. The normalized spacial score (nSPS) is 10.7. The molecule has 0 spiro atoms. The molecular weight excluding hydrogens is 320 g/mol. The van der Waals surface area contributed by atoms with Gasteiger partial charge in [-0.25, -0.2) is 9.07 Å². The number of halogens is 2. The number of rotatable bonds is 3. The van der Waals surface area contributed by atoms with Crippen molar-refractivity contribution in [3.05, 3.63) is 45.5 Å². The Hall–Kier alpha value is -0.950. The molecule has 1 heterocycles. The summed E-state index contributed by atoms with van der Waals surface area (Å²) in [5, 5.41) is 4.14. The number of benzene rings is 1. The summed E-state index contributed by atoms with van der Waals surface area (Å²) in [6.45, 7) is 0.513. The van der Waals surface area contributed by atoms with Crippen molar-refractivity contribution in [3.8, 4) is 5.69 Å². The number of nitrogens with two attached hydrogens (primary N) is 1. The fraction of sp³-hybridized carbons (Fsp3) is 0.182. The van der Waals surface area contributed by atoms with Crippen LogP contribution in [0.4, 0.5) is 4.39 Å². The summed E-state index contributed by atoms with van der Waals surface area (Å²) in [7, 11) is 0. The van der Waals surface area contributed by atoms with E-state index in [1.165, 1.54) is 12.1 Å². The van der Waals surface area contributed by atoms with Crippen molar-refractivity contribution >= 4 is 22.6 Å². The van der Waals surface area contributed by atoms with Crippen LogP contribution < -0.4 is 5.73 Å². The van der Waals surface area contributed by atoms with Crippen LogP contribution in [0.2, 0.25) is 0 Å². The predicted octanol–water partition coefficient (Wildman–Crippen LogP) is 2.12. The van der Waals surface area contributed by atoms with Crippen LogP contribution in [0.15, 0.2) is 30.6 Å². The molecule has 84 valence electrons. The Morgan fingerprint density at radius 3 is 2.81 bits per heavy atom. The minimum Gasteiger partial charge on any atom is -0.330 e. The lowest BCUT2D eigenvalue weighted by Gasteiger charge is -2.05. The fourth-order valence-corrected chi connectivity index (χ4v) is 1.91. The molecule has 0 bridgehead atoms. The van der Waals surface area contributed by atoms with E-state index < -0.39 is 0 Å². The van der Waals surface area contributed by atoms with Gasteiger partial charge in [-0.15, -0.1) is 0 Å². The van der Waals surface area contributed by atoms with Gasteiger partial charge in [-0.2, -0.15) is 5.10 Å². The zero-order valence-electron chi connectivity index (χ0n) is 8.53. The summed E-state index contributed by atoms with van der Waals surface area (Å²) >= 11 is 2.16. The molecule has 0 saturated heterocycles. The smallest absolute Gasteiger partial charge is 0.125 e. The first-order chi connectivity index (χ1) is 7.69. The number of hydrogen-bond donors (Lipinski definition) is 1. The summed E-state index contributed by atoms with van der Waals surface area (Å²) in [6, 6.07) is 4.87. The Bertz CT molecular complexity index is 496. The SMILES string of the molecule is NCCc1cc(F)cc(-n2cc(I)cn2)c1. The molecule has 0 aliphatic carbocycles. The van der Waals surface area contributed by atoms with Gasteiger partial charge in [0, 0.05) is 6.20 Å². The van der Waals surface area contributed by atoms with Crippen molar-refractivity contribution < 1.29 is 4.39 Å². The molecule has 0 aliphatic heterocycles. The zero-order chi connectivity index (χ0) is 11.5. The van der Waals surface area contributed by atoms with E-state index in [4.69, 9.17) is 5.73 Å². The van der Waals surface area contributed by atoms with Crippen molar-refractivity contribution in [3.63, 3.8) is 0 Å². The molecule has 0 fully saturated rings. The van der Waals surface area contributed by atoms with Gasteiger partial charge in [-0.1, -0.05) is 0 Å². The average Bonchev–Trinajstić information content (AvgIpc) is 2.64. The average molecular weight is 331 g/mol. The van der Waals surface area contributed by atoms with Gasteiger partial charge < -0.3 is 5.73 Å². The summed E-state index contributed by atoms with van der Waals surface area (Å²) in [5.41, 5.74) is 7.08. The molecule has 0 unspecified atom stereocenters. The third-order valence-electron chi connectivity index (χ3n) is 2.19. The molecular formula is C11H11FIN3. The molecule has 0 aliphatic rings. The third-order valence-corrected chi connectivity index (χ3v) is 2.75. The first-order valence-electron chi connectivity index (χ1n) is 4.89. The highest BCUT2D eigenvalue weighted by Gasteiger charge is 2.03. The number of nitrogens with zero attached hydrogens (tertiary/aromatic N) is 2. The van der Waals surface area contributed by atoms with Gasteiger partial charge in [0.1, 0.15) is 5.82 Å². The molecule has 2 N–H and O–H groups in total. The lowest BCUT2D eigenvalue weighted by Crippen LogP contribution is -2.04. The Kier molecular flexibility index (Phi) is 3.55. The lowest BCUT2D eigenvalue weighted by molar-refractivity contribution is 0.622. The summed E-state index contributed by atoms with van der Waals surface area (Å²) < 4.78 is 16.0. The van der Waals surface area contributed by atoms with Gasteiger partial charge in [0.25, 0.3) is 0 Å². The van der Waals surface area contributed by atoms with E-state index in [1.807, 2.05) is 12.3 Å². The maximum Gasteiger partial charge on any atom is 0.125 e. The molecule has 0 atom stereocenters. The quantitative estimate of drug-likeness (QED) is 0.876. The Morgan fingerprint density at radius 1 is 1.38 bits per heavy atom. The molecule has 16 heavy (non-hydrogen) atoms. The van der Waals surface area contributed by atoms with Crippen molar-refractivity contribution in [1.29, 1.82) is 0 Å². The highest BCUT2D eigenvalue weighted by molar-refractivity contribution is 14.1. The van der Waals surface area contributed by atoms with Gasteiger partial charge in [-0.3, -0.25) is 0 Å². The molecule has 2 aromatic rings. The largest absolute Gasteiger partial charge is 0.330 e. The minimum absolute atomic E-state index is 0.258. The van der Waals surface area contributed by atoms with Crippen LogP contribution in [-0.4, -0.2) is 16.3 Å². The zero-order valence-corrected chi connectivity index (χ0v) is 10.7. The van der Waals surface area contributed by atoms with Crippen molar-refractivity contribution in [1.82, 2.24) is 9.78 Å². The molecule has 1 aromatic heterocycles. The molecule has 0 radical (unpaired) electrons. The topological polar surface area (TPSA) is 43.8 Å². The highest BCUT2D eigenvalue weighted by atomic mass is 127. The maximum absolute atomic E-state index is 13.4. The van der Waals surface area contributed by atoms with Crippen LogP contribution in [0.1, 0.15) is 5.56 Å². The van der Waals surface area contributed by atoms with E-state index in [0.717, 1.165) is 14.8 Å². The molecule has 2 rings (SSSR count). The first-order valence-corrected chi connectivity index (χ1v) is 5.97. The van der Waals surface area contributed by atoms with Crippen LogP contribution in [0, 0.1) is 9.39 Å². The van der Waals surface area contributed by atoms with Crippen LogP contribution >= 0.6 is 22.6 Å². The van der Waals surface area contributed by atoms with E-state index >= 15 is 0 Å². The van der Waals surface area contributed by atoms with Gasteiger partial charge in [0.15, 0.2) is 0 Å². The second-order valence-electron chi connectivity index (χ2n) is 3.46. The first kappa shape index (κ1) is 11.5. The fourth-order valence-electron chi connectivity index (χ4n) is 1.52. The van der Waals surface area contributed by atoms with Crippen molar-refractivity contribution in [2.75, 3.05) is 6.54 Å². The van der Waals surface area contributed by atoms with E-state index in [-0.39, 0.29) is 5.82 Å². The van der Waals surface area contributed by atoms with E-state index in [0.29, 0.717) is 13.0 Å². The van der Waals surface area contributed by atoms with Gasteiger partial charge >= 0.3 is 0 Å². The monoisotopic (exact) mass is 331 g/mol. The highest BCUT2D eigenvalue weighted by Crippen LogP contribution is 2.14. The Labute approximate surface area is 107 Å². The molecule has 3 nitrogen and oxygen atoms in total. The standard InChI is InChI=1S/C11H11FIN3/c12-9-3-8(1-2-14)4-11(5-9)16-7-10(13)6-15-16/h3-7H,1-2,14H2. The second kappa shape index (κ2) is 4.92. The Balaban J connectivity index is 2.40. The molecule has 5 heteroatoms. The Morgan fingerprint density at radius 2 is 2.19 bits per heavy atom. The summed E-state index contributed by atoms with van der Waals surface area (Å²) in [6.07, 6.45) is 4.25. The lowest BCUT2D eigenvalue weighted by atomic mass is 10.1. The van der Waals surface area contributed by atoms with Gasteiger partial charge in [0.05, 0.1) is 15.5 Å². The van der Waals surface area contributed by atoms with Gasteiger partial charge in [0.2, 0.25) is 0 Å². The van der Waals surface area contributed by atoms with Crippen LogP contribution in [-0.2, 0) is 6.42 Å².